The number of fused-ring (bicyclic) bond motifs is 1. The van der Waals surface area contributed by atoms with Crippen LogP contribution in [0.2, 0.25) is 0 Å². The van der Waals surface area contributed by atoms with Crippen LogP contribution in [0, 0.1) is 11.7 Å². The van der Waals surface area contributed by atoms with Gasteiger partial charge in [0.2, 0.25) is 5.91 Å². The molecule has 0 bridgehead atoms. The third-order valence-corrected chi connectivity index (χ3v) is 6.06. The zero-order valence-electron chi connectivity index (χ0n) is 15.4. The molecule has 8 heteroatoms. The molecular formula is C20H20FN3O3S. The highest BCUT2D eigenvalue weighted by Crippen LogP contribution is 2.36. The molecule has 28 heavy (non-hydrogen) atoms. The first-order valence-electron chi connectivity index (χ1n) is 9.23. The smallest absolute Gasteiger partial charge is 0.286 e. The first-order chi connectivity index (χ1) is 13.4. The molecule has 146 valence electrons. The number of amides is 1. The van der Waals surface area contributed by atoms with Gasteiger partial charge in [0.1, 0.15) is 10.7 Å². The van der Waals surface area contributed by atoms with E-state index >= 15 is 0 Å². The molecule has 1 N–H and O–H groups in total. The summed E-state index contributed by atoms with van der Waals surface area (Å²) >= 11 is 0. The molecule has 2 aliphatic rings. The van der Waals surface area contributed by atoms with Crippen LogP contribution in [0.15, 0.2) is 51.8 Å². The molecule has 1 fully saturated rings. The number of anilines is 2. The van der Waals surface area contributed by atoms with Gasteiger partial charge in [-0.1, -0.05) is 19.1 Å². The van der Waals surface area contributed by atoms with Gasteiger partial charge >= 0.3 is 0 Å². The third kappa shape index (κ3) is 3.40. The second kappa shape index (κ2) is 7.01. The Kier molecular flexibility index (Phi) is 4.66. The molecule has 6 nitrogen and oxygen atoms in total. The van der Waals surface area contributed by atoms with Gasteiger partial charge in [-0.25, -0.2) is 4.39 Å². The minimum Gasteiger partial charge on any atom is -0.326 e. The molecule has 0 unspecified atom stereocenters. The Balaban J connectivity index is 1.79. The van der Waals surface area contributed by atoms with Crippen molar-refractivity contribution in [2.45, 2.75) is 31.1 Å². The fraction of sp³-hybridized carbons (Fsp3) is 0.300. The number of sulfonamides is 1. The van der Waals surface area contributed by atoms with Crippen LogP contribution in [0.1, 0.15) is 31.7 Å². The van der Waals surface area contributed by atoms with Crippen LogP contribution < -0.4 is 10.2 Å². The van der Waals surface area contributed by atoms with E-state index in [0.29, 0.717) is 24.3 Å². The molecule has 1 aliphatic heterocycles. The molecule has 1 aliphatic carbocycles. The Hall–Kier alpha value is -2.74. The molecule has 1 heterocycles. The second-order valence-electron chi connectivity index (χ2n) is 6.97. The number of amidine groups is 1. The van der Waals surface area contributed by atoms with Crippen molar-refractivity contribution in [1.82, 2.24) is 0 Å². The van der Waals surface area contributed by atoms with Gasteiger partial charge in [-0.3, -0.25) is 4.79 Å². The first-order valence-corrected chi connectivity index (χ1v) is 10.7. The summed E-state index contributed by atoms with van der Waals surface area (Å²) in [5.74, 6) is -0.555. The molecule has 1 amide bonds. The van der Waals surface area contributed by atoms with Crippen LogP contribution in [-0.4, -0.2) is 26.7 Å². The number of hydrogen-bond donors (Lipinski definition) is 1. The Morgan fingerprint density at radius 1 is 1.25 bits per heavy atom. The SMILES string of the molecule is CCCN1C(c2ccccc2F)=NS(=O)(=O)c2cc(NC(=O)C3CC3)ccc21. The molecule has 2 aromatic carbocycles. The highest BCUT2D eigenvalue weighted by Gasteiger charge is 2.34. The summed E-state index contributed by atoms with van der Waals surface area (Å²) in [5, 5.41) is 2.76. The van der Waals surface area contributed by atoms with E-state index in [1.807, 2.05) is 6.92 Å². The minimum atomic E-state index is -4.04. The van der Waals surface area contributed by atoms with E-state index in [0.717, 1.165) is 12.8 Å². The average molecular weight is 401 g/mol. The van der Waals surface area contributed by atoms with Gasteiger partial charge in [0, 0.05) is 18.2 Å². The number of nitrogens with zero attached hydrogens (tertiary/aromatic N) is 2. The summed E-state index contributed by atoms with van der Waals surface area (Å²) in [4.78, 5) is 13.7. The largest absolute Gasteiger partial charge is 0.326 e. The van der Waals surface area contributed by atoms with Crippen LogP contribution in [0.5, 0.6) is 0 Å². The predicted octanol–water partition coefficient (Wildman–Crippen LogP) is 3.54. The molecule has 0 atom stereocenters. The van der Waals surface area contributed by atoms with Gasteiger partial charge in [-0.2, -0.15) is 8.42 Å². The number of hydrogen-bond acceptors (Lipinski definition) is 4. The predicted molar refractivity (Wildman–Crippen MR) is 106 cm³/mol. The fourth-order valence-electron chi connectivity index (χ4n) is 3.22. The lowest BCUT2D eigenvalue weighted by atomic mass is 10.1. The van der Waals surface area contributed by atoms with E-state index in [9.17, 15) is 17.6 Å². The quantitative estimate of drug-likeness (QED) is 0.831. The third-order valence-electron chi connectivity index (χ3n) is 4.77. The number of rotatable bonds is 5. The number of benzene rings is 2. The van der Waals surface area contributed by atoms with E-state index in [2.05, 4.69) is 9.71 Å². The topological polar surface area (TPSA) is 78.8 Å². The summed E-state index contributed by atoms with van der Waals surface area (Å²) in [5.41, 5.74) is 0.982. The maximum absolute atomic E-state index is 14.4. The van der Waals surface area contributed by atoms with Crippen molar-refractivity contribution in [3.63, 3.8) is 0 Å². The van der Waals surface area contributed by atoms with Gasteiger partial charge in [-0.15, -0.1) is 4.40 Å². The zero-order chi connectivity index (χ0) is 19.9. The standard InChI is InChI=1S/C20H20FN3O3S/c1-2-11-24-17-10-9-14(22-20(25)13-7-8-13)12-18(17)28(26,27)23-19(24)15-5-3-4-6-16(15)21/h3-6,9-10,12-13H,2,7-8,11H2,1H3,(H,22,25). The van der Waals surface area contributed by atoms with Crippen molar-refractivity contribution in [2.75, 3.05) is 16.8 Å². The molecule has 0 radical (unpaired) electrons. The summed E-state index contributed by atoms with van der Waals surface area (Å²) in [6, 6.07) is 10.7. The van der Waals surface area contributed by atoms with Crippen molar-refractivity contribution in [3.05, 3.63) is 53.8 Å². The highest BCUT2D eigenvalue weighted by molar-refractivity contribution is 7.90. The maximum atomic E-state index is 14.4. The summed E-state index contributed by atoms with van der Waals surface area (Å²) in [6.07, 6.45) is 2.43. The number of nitrogens with one attached hydrogen (secondary N) is 1. The molecule has 0 spiro atoms. The van der Waals surface area contributed by atoms with Crippen molar-refractivity contribution >= 4 is 33.1 Å². The lowest BCUT2D eigenvalue weighted by Crippen LogP contribution is -2.37. The number of carbonyl (C=O) groups excluding carboxylic acids is 1. The number of carbonyl (C=O) groups is 1. The van der Waals surface area contributed by atoms with E-state index in [1.54, 1.807) is 29.2 Å². The Bertz CT molecular complexity index is 1080. The lowest BCUT2D eigenvalue weighted by molar-refractivity contribution is -0.117. The van der Waals surface area contributed by atoms with E-state index in [4.69, 9.17) is 0 Å². The molecule has 1 saturated carbocycles. The Morgan fingerprint density at radius 3 is 2.68 bits per heavy atom. The van der Waals surface area contributed by atoms with Crippen molar-refractivity contribution in [1.29, 1.82) is 0 Å². The lowest BCUT2D eigenvalue weighted by Gasteiger charge is -2.31. The Morgan fingerprint density at radius 2 is 2.00 bits per heavy atom. The fourth-order valence-corrected chi connectivity index (χ4v) is 4.47. The minimum absolute atomic E-state index is 0.00892. The molecule has 0 aromatic heterocycles. The molecule has 2 aromatic rings. The van der Waals surface area contributed by atoms with Crippen LogP contribution >= 0.6 is 0 Å². The highest BCUT2D eigenvalue weighted by atomic mass is 32.2. The molecular weight excluding hydrogens is 381 g/mol. The van der Waals surface area contributed by atoms with E-state index < -0.39 is 15.8 Å². The van der Waals surface area contributed by atoms with Crippen molar-refractivity contribution in [2.24, 2.45) is 10.3 Å². The summed E-state index contributed by atoms with van der Waals surface area (Å²) in [7, 11) is -4.04. The molecule has 0 saturated heterocycles. The monoisotopic (exact) mass is 401 g/mol. The summed E-state index contributed by atoms with van der Waals surface area (Å²) < 4.78 is 44.0. The van der Waals surface area contributed by atoms with Crippen molar-refractivity contribution in [3.8, 4) is 0 Å². The molecule has 4 rings (SSSR count). The maximum Gasteiger partial charge on any atom is 0.286 e. The van der Waals surface area contributed by atoms with Gasteiger partial charge in [0.25, 0.3) is 10.0 Å². The van der Waals surface area contributed by atoms with E-state index in [1.165, 1.54) is 18.2 Å². The second-order valence-corrected chi connectivity index (χ2v) is 8.54. The summed E-state index contributed by atoms with van der Waals surface area (Å²) in [6.45, 7) is 2.43. The van der Waals surface area contributed by atoms with Crippen LogP contribution in [0.4, 0.5) is 15.8 Å². The van der Waals surface area contributed by atoms with E-state index in [-0.39, 0.29) is 28.1 Å². The average Bonchev–Trinajstić information content (AvgIpc) is 3.50. The Labute approximate surface area is 163 Å². The van der Waals surface area contributed by atoms with Crippen LogP contribution in [0.3, 0.4) is 0 Å². The zero-order valence-corrected chi connectivity index (χ0v) is 16.2. The van der Waals surface area contributed by atoms with Crippen LogP contribution in [0.25, 0.3) is 0 Å². The first kappa shape index (κ1) is 18.6. The normalized spacial score (nSPS) is 17.6. The van der Waals surface area contributed by atoms with Gasteiger partial charge in [0.05, 0.1) is 11.3 Å². The van der Waals surface area contributed by atoms with Gasteiger partial charge in [0.15, 0.2) is 5.84 Å². The van der Waals surface area contributed by atoms with Gasteiger partial charge in [-0.05, 0) is 49.6 Å². The number of halogens is 1. The van der Waals surface area contributed by atoms with Crippen LogP contribution in [-0.2, 0) is 14.8 Å². The van der Waals surface area contributed by atoms with Crippen molar-refractivity contribution < 1.29 is 17.6 Å². The van der Waals surface area contributed by atoms with Gasteiger partial charge < -0.3 is 10.2 Å².